The van der Waals surface area contributed by atoms with Crippen molar-refractivity contribution in [3.05, 3.63) is 35.9 Å². The molecule has 62 valence electrons. The van der Waals surface area contributed by atoms with E-state index in [1.165, 1.54) is 0 Å². The van der Waals surface area contributed by atoms with Gasteiger partial charge in [0.05, 0.1) is 13.3 Å². The Kier molecular flexibility index (Phi) is 5.84. The fourth-order valence-corrected chi connectivity index (χ4v) is 0.751. The lowest BCUT2D eigenvalue weighted by Gasteiger charge is -1.98. The molecule has 11 heavy (non-hydrogen) atoms. The van der Waals surface area contributed by atoms with E-state index in [1.807, 2.05) is 30.3 Å². The quantitative estimate of drug-likeness (QED) is 0.704. The molecule has 2 nitrogen and oxygen atoms in total. The van der Waals surface area contributed by atoms with Crippen LogP contribution in [0.15, 0.2) is 30.3 Å². The molecule has 0 saturated carbocycles. The van der Waals surface area contributed by atoms with Gasteiger partial charge in [-0.25, -0.2) is 0 Å². The van der Waals surface area contributed by atoms with Crippen molar-refractivity contribution in [3.8, 4) is 0 Å². The second-order valence-corrected chi connectivity index (χ2v) is 2.00. The zero-order chi connectivity index (χ0) is 7.23. The molecular weight excluding hydrogens is 162 g/mol. The first-order chi connectivity index (χ1) is 4.93. The molecular formula is C8H12ClNO. The molecule has 0 fully saturated rings. The van der Waals surface area contributed by atoms with Crippen LogP contribution in [0.5, 0.6) is 0 Å². The molecule has 0 aliphatic rings. The van der Waals surface area contributed by atoms with Crippen LogP contribution in [0.25, 0.3) is 0 Å². The summed E-state index contributed by atoms with van der Waals surface area (Å²) in [6.07, 6.45) is 0. The van der Waals surface area contributed by atoms with E-state index in [-0.39, 0.29) is 19.1 Å². The van der Waals surface area contributed by atoms with E-state index in [2.05, 4.69) is 0 Å². The van der Waals surface area contributed by atoms with Crippen LogP contribution in [0.1, 0.15) is 5.56 Å². The summed E-state index contributed by atoms with van der Waals surface area (Å²) >= 11 is 0. The van der Waals surface area contributed by atoms with Crippen LogP contribution >= 0.6 is 12.4 Å². The molecule has 1 aromatic rings. The summed E-state index contributed by atoms with van der Waals surface area (Å²) in [5.41, 5.74) is 6.31. The zero-order valence-corrected chi connectivity index (χ0v) is 7.01. The van der Waals surface area contributed by atoms with Gasteiger partial charge in [-0.3, -0.25) is 0 Å². The summed E-state index contributed by atoms with van der Waals surface area (Å²) in [6, 6.07) is 9.96. The maximum absolute atomic E-state index is 5.15. The number of rotatable bonds is 3. The van der Waals surface area contributed by atoms with E-state index in [0.717, 1.165) is 5.56 Å². The largest absolute Gasteiger partial charge is 0.362 e. The number of hydrogen-bond donors (Lipinski definition) is 1. The van der Waals surface area contributed by atoms with E-state index < -0.39 is 0 Å². The van der Waals surface area contributed by atoms with E-state index in [4.69, 9.17) is 10.5 Å². The van der Waals surface area contributed by atoms with Crippen LogP contribution in [0, 0.1) is 0 Å². The number of nitrogens with two attached hydrogens (primary N) is 1. The van der Waals surface area contributed by atoms with E-state index in [1.54, 1.807) is 0 Å². The predicted octanol–water partition coefficient (Wildman–Crippen LogP) is 1.54. The van der Waals surface area contributed by atoms with Crippen molar-refractivity contribution in [3.63, 3.8) is 0 Å². The highest BCUT2D eigenvalue weighted by molar-refractivity contribution is 5.85. The first kappa shape index (κ1) is 10.4. The topological polar surface area (TPSA) is 35.2 Å². The Morgan fingerprint density at radius 1 is 1.18 bits per heavy atom. The smallest absolute Gasteiger partial charge is 0.0944 e. The van der Waals surface area contributed by atoms with Crippen LogP contribution < -0.4 is 5.73 Å². The second-order valence-electron chi connectivity index (χ2n) is 2.00. The van der Waals surface area contributed by atoms with Gasteiger partial charge < -0.3 is 10.5 Å². The predicted molar refractivity (Wildman–Crippen MR) is 47.5 cm³/mol. The average molecular weight is 174 g/mol. The Balaban J connectivity index is 0.000001000. The summed E-state index contributed by atoms with van der Waals surface area (Å²) in [6.45, 7) is 0.895. The first-order valence-electron chi connectivity index (χ1n) is 3.25. The number of benzene rings is 1. The summed E-state index contributed by atoms with van der Waals surface area (Å²) in [5, 5.41) is 0. The highest BCUT2D eigenvalue weighted by Crippen LogP contribution is 1.98. The molecule has 3 heteroatoms. The van der Waals surface area contributed by atoms with Crippen LogP contribution in [-0.4, -0.2) is 6.73 Å². The van der Waals surface area contributed by atoms with Gasteiger partial charge in [-0.2, -0.15) is 0 Å². The molecule has 2 N–H and O–H groups in total. The minimum Gasteiger partial charge on any atom is -0.362 e. The van der Waals surface area contributed by atoms with Gasteiger partial charge in [-0.05, 0) is 5.56 Å². The van der Waals surface area contributed by atoms with Gasteiger partial charge >= 0.3 is 0 Å². The minimum atomic E-state index is 0. The Hall–Kier alpha value is -0.570. The fraction of sp³-hybridized carbons (Fsp3) is 0.250. The van der Waals surface area contributed by atoms with Gasteiger partial charge in [-0.1, -0.05) is 30.3 Å². The monoisotopic (exact) mass is 173 g/mol. The van der Waals surface area contributed by atoms with Crippen molar-refractivity contribution in [1.29, 1.82) is 0 Å². The maximum Gasteiger partial charge on any atom is 0.0944 e. The number of ether oxygens (including phenoxy) is 1. The lowest BCUT2D eigenvalue weighted by Crippen LogP contribution is -2.03. The molecule has 0 aromatic heterocycles. The Morgan fingerprint density at radius 2 is 1.82 bits per heavy atom. The van der Waals surface area contributed by atoms with Crippen LogP contribution in [-0.2, 0) is 11.3 Å². The summed E-state index contributed by atoms with van der Waals surface area (Å²) in [5.74, 6) is 0. The lowest BCUT2D eigenvalue weighted by atomic mass is 10.2. The van der Waals surface area contributed by atoms with Gasteiger partial charge in [0.25, 0.3) is 0 Å². The lowest BCUT2D eigenvalue weighted by molar-refractivity contribution is 0.127. The van der Waals surface area contributed by atoms with E-state index in [0.29, 0.717) is 6.61 Å². The van der Waals surface area contributed by atoms with Crippen molar-refractivity contribution in [2.24, 2.45) is 5.73 Å². The molecule has 0 aliphatic heterocycles. The van der Waals surface area contributed by atoms with Gasteiger partial charge in [0, 0.05) is 0 Å². The maximum atomic E-state index is 5.15. The van der Waals surface area contributed by atoms with E-state index in [9.17, 15) is 0 Å². The minimum absolute atomic E-state index is 0. The summed E-state index contributed by atoms with van der Waals surface area (Å²) in [7, 11) is 0. The Labute approximate surface area is 72.8 Å². The molecule has 0 saturated heterocycles. The third kappa shape index (κ3) is 3.98. The fourth-order valence-electron chi connectivity index (χ4n) is 0.751. The number of halogens is 1. The molecule has 0 bridgehead atoms. The zero-order valence-electron chi connectivity index (χ0n) is 6.19. The summed E-state index contributed by atoms with van der Waals surface area (Å²) in [4.78, 5) is 0. The molecule has 0 aliphatic carbocycles. The Morgan fingerprint density at radius 3 is 2.36 bits per heavy atom. The Bertz CT molecular complexity index is 179. The van der Waals surface area contributed by atoms with Gasteiger partial charge in [-0.15, -0.1) is 12.4 Å². The third-order valence-electron chi connectivity index (χ3n) is 1.23. The molecule has 0 heterocycles. The van der Waals surface area contributed by atoms with Crippen LogP contribution in [0.4, 0.5) is 0 Å². The highest BCUT2D eigenvalue weighted by atomic mass is 35.5. The molecule has 1 aromatic carbocycles. The van der Waals surface area contributed by atoms with Gasteiger partial charge in [0.15, 0.2) is 0 Å². The van der Waals surface area contributed by atoms with E-state index >= 15 is 0 Å². The van der Waals surface area contributed by atoms with Crippen molar-refractivity contribution in [1.82, 2.24) is 0 Å². The molecule has 1 rings (SSSR count). The molecule has 0 spiro atoms. The standard InChI is InChI=1S/C8H11NO.ClH/c9-7-10-6-8-4-2-1-3-5-8;/h1-5H,6-7,9H2;1H. The first-order valence-corrected chi connectivity index (χ1v) is 3.25. The van der Waals surface area contributed by atoms with Crippen molar-refractivity contribution in [2.45, 2.75) is 6.61 Å². The van der Waals surface area contributed by atoms with Crippen molar-refractivity contribution in [2.75, 3.05) is 6.73 Å². The molecule has 0 radical (unpaired) electrons. The third-order valence-corrected chi connectivity index (χ3v) is 1.23. The molecule has 0 amide bonds. The second kappa shape index (κ2) is 6.16. The van der Waals surface area contributed by atoms with Crippen molar-refractivity contribution < 1.29 is 4.74 Å². The number of hydrogen-bond acceptors (Lipinski definition) is 2. The molecule has 0 unspecified atom stereocenters. The van der Waals surface area contributed by atoms with Crippen LogP contribution in [0.2, 0.25) is 0 Å². The van der Waals surface area contributed by atoms with Gasteiger partial charge in [0.2, 0.25) is 0 Å². The molecule has 0 atom stereocenters. The SMILES string of the molecule is Cl.NCOCc1ccccc1. The summed E-state index contributed by atoms with van der Waals surface area (Å²) < 4.78 is 5.00. The highest BCUT2D eigenvalue weighted by Gasteiger charge is 1.86. The normalized spacial score (nSPS) is 8.82. The van der Waals surface area contributed by atoms with Crippen LogP contribution in [0.3, 0.4) is 0 Å². The van der Waals surface area contributed by atoms with Crippen molar-refractivity contribution >= 4 is 12.4 Å². The van der Waals surface area contributed by atoms with Gasteiger partial charge in [0.1, 0.15) is 0 Å². The average Bonchev–Trinajstić information content (AvgIpc) is 2.03.